The van der Waals surface area contributed by atoms with Gasteiger partial charge in [-0.05, 0) is 31.5 Å². The van der Waals surface area contributed by atoms with Gasteiger partial charge in [0.15, 0.2) is 15.9 Å². The van der Waals surface area contributed by atoms with Crippen LogP contribution >= 0.6 is 0 Å². The average Bonchev–Trinajstić information content (AvgIpc) is 2.78. The van der Waals surface area contributed by atoms with Crippen LogP contribution < -0.4 is 10.1 Å². The minimum absolute atomic E-state index is 0.0185. The highest BCUT2D eigenvalue weighted by molar-refractivity contribution is 7.91. The maximum atomic E-state index is 12.0. The van der Waals surface area contributed by atoms with Crippen molar-refractivity contribution in [3.63, 3.8) is 0 Å². The van der Waals surface area contributed by atoms with Gasteiger partial charge in [-0.15, -0.1) is 0 Å². The Morgan fingerprint density at radius 2 is 2.29 bits per heavy atom. The van der Waals surface area contributed by atoms with Gasteiger partial charge in [-0.2, -0.15) is 5.26 Å². The summed E-state index contributed by atoms with van der Waals surface area (Å²) in [6.07, 6.45) is -0.327. The molecule has 21 heavy (non-hydrogen) atoms. The first-order chi connectivity index (χ1) is 9.89. The topological polar surface area (TPSA) is 96.3 Å². The van der Waals surface area contributed by atoms with Gasteiger partial charge in [0.05, 0.1) is 23.1 Å². The van der Waals surface area contributed by atoms with Gasteiger partial charge in [0.2, 0.25) is 0 Å². The van der Waals surface area contributed by atoms with Crippen molar-refractivity contribution >= 4 is 15.7 Å². The molecule has 6 nitrogen and oxygen atoms in total. The van der Waals surface area contributed by atoms with Gasteiger partial charge < -0.3 is 10.1 Å². The molecule has 0 aliphatic carbocycles. The molecule has 0 bridgehead atoms. The molecule has 7 heteroatoms. The molecule has 1 fully saturated rings. The Balaban J connectivity index is 1.92. The first kappa shape index (κ1) is 15.3. The molecular weight excluding hydrogens is 292 g/mol. The number of nitrogens with zero attached hydrogens (tertiary/aromatic N) is 1. The van der Waals surface area contributed by atoms with Crippen LogP contribution in [-0.4, -0.2) is 38.0 Å². The SMILES string of the molecule is CC(Oc1cccc(C#N)c1)C(=O)NC1CCS(=O)(=O)C1. The van der Waals surface area contributed by atoms with Gasteiger partial charge in [0.1, 0.15) is 5.75 Å². The van der Waals surface area contributed by atoms with Crippen LogP contribution in [0.2, 0.25) is 0 Å². The zero-order chi connectivity index (χ0) is 15.5. The van der Waals surface area contributed by atoms with E-state index in [-0.39, 0.29) is 23.5 Å². The number of hydrogen-bond acceptors (Lipinski definition) is 5. The van der Waals surface area contributed by atoms with E-state index in [9.17, 15) is 13.2 Å². The van der Waals surface area contributed by atoms with E-state index in [1.165, 1.54) is 0 Å². The molecule has 0 saturated carbocycles. The third-order valence-electron chi connectivity index (χ3n) is 3.22. The number of sulfone groups is 1. The van der Waals surface area contributed by atoms with Crippen LogP contribution in [0.4, 0.5) is 0 Å². The van der Waals surface area contributed by atoms with Crippen molar-refractivity contribution in [2.75, 3.05) is 11.5 Å². The highest BCUT2D eigenvalue weighted by Gasteiger charge is 2.30. The fourth-order valence-corrected chi connectivity index (χ4v) is 3.80. The fourth-order valence-electron chi connectivity index (χ4n) is 2.12. The molecule has 1 aromatic rings. The molecule has 2 unspecified atom stereocenters. The molecule has 0 radical (unpaired) electrons. The minimum atomic E-state index is -3.03. The van der Waals surface area contributed by atoms with Gasteiger partial charge in [-0.25, -0.2) is 8.42 Å². The number of amides is 1. The summed E-state index contributed by atoms with van der Waals surface area (Å²) in [6.45, 7) is 1.58. The summed E-state index contributed by atoms with van der Waals surface area (Å²) >= 11 is 0. The lowest BCUT2D eigenvalue weighted by molar-refractivity contribution is -0.127. The zero-order valence-corrected chi connectivity index (χ0v) is 12.4. The quantitative estimate of drug-likeness (QED) is 0.880. The van der Waals surface area contributed by atoms with Crippen molar-refractivity contribution in [2.24, 2.45) is 0 Å². The molecule has 2 atom stereocenters. The summed E-state index contributed by atoms with van der Waals surface area (Å²) in [5.41, 5.74) is 0.446. The van der Waals surface area contributed by atoms with E-state index in [2.05, 4.69) is 5.32 Å². The monoisotopic (exact) mass is 308 g/mol. The molecule has 1 aliphatic rings. The maximum Gasteiger partial charge on any atom is 0.261 e. The van der Waals surface area contributed by atoms with Crippen molar-refractivity contribution in [3.8, 4) is 11.8 Å². The third kappa shape index (κ3) is 4.20. The van der Waals surface area contributed by atoms with Crippen molar-refractivity contribution in [1.29, 1.82) is 5.26 Å². The van der Waals surface area contributed by atoms with E-state index < -0.39 is 15.9 Å². The molecule has 1 heterocycles. The first-order valence-electron chi connectivity index (χ1n) is 6.57. The summed E-state index contributed by atoms with van der Waals surface area (Å²) in [5.74, 6) is 0.155. The molecule has 1 aromatic carbocycles. The highest BCUT2D eigenvalue weighted by atomic mass is 32.2. The Hall–Kier alpha value is -2.07. The predicted molar refractivity (Wildman–Crippen MR) is 76.4 cm³/mol. The number of carbonyl (C=O) groups is 1. The van der Waals surface area contributed by atoms with Gasteiger partial charge >= 0.3 is 0 Å². The Bertz CT molecular complexity index is 678. The standard InChI is InChI=1S/C14H16N2O4S/c1-10(20-13-4-2-3-11(7-13)8-15)14(17)16-12-5-6-21(18,19)9-12/h2-4,7,10,12H,5-6,9H2,1H3,(H,16,17). The summed E-state index contributed by atoms with van der Waals surface area (Å²) < 4.78 is 28.1. The summed E-state index contributed by atoms with van der Waals surface area (Å²) in [5, 5.41) is 11.5. The lowest BCUT2D eigenvalue weighted by Crippen LogP contribution is -2.43. The van der Waals surface area contributed by atoms with Gasteiger partial charge in [-0.1, -0.05) is 6.07 Å². The number of hydrogen-bond donors (Lipinski definition) is 1. The molecule has 1 amide bonds. The van der Waals surface area contributed by atoms with Crippen LogP contribution in [0.5, 0.6) is 5.75 Å². The van der Waals surface area contributed by atoms with Crippen molar-refractivity contribution in [1.82, 2.24) is 5.32 Å². The smallest absolute Gasteiger partial charge is 0.261 e. The number of nitrogens with one attached hydrogen (secondary N) is 1. The Labute approximate surface area is 123 Å². The molecule has 0 spiro atoms. The van der Waals surface area contributed by atoms with E-state index in [0.29, 0.717) is 17.7 Å². The van der Waals surface area contributed by atoms with Crippen LogP contribution in [0.1, 0.15) is 18.9 Å². The lowest BCUT2D eigenvalue weighted by Gasteiger charge is -2.17. The first-order valence-corrected chi connectivity index (χ1v) is 8.39. The Morgan fingerprint density at radius 1 is 1.52 bits per heavy atom. The second-order valence-corrected chi connectivity index (χ2v) is 7.24. The third-order valence-corrected chi connectivity index (χ3v) is 4.99. The van der Waals surface area contributed by atoms with Crippen LogP contribution in [0.15, 0.2) is 24.3 Å². The second-order valence-electron chi connectivity index (χ2n) is 5.01. The van der Waals surface area contributed by atoms with Crippen molar-refractivity contribution < 1.29 is 17.9 Å². The maximum absolute atomic E-state index is 12.0. The van der Waals surface area contributed by atoms with Crippen molar-refractivity contribution in [2.45, 2.75) is 25.5 Å². The van der Waals surface area contributed by atoms with Crippen molar-refractivity contribution in [3.05, 3.63) is 29.8 Å². The summed E-state index contributed by atoms with van der Waals surface area (Å²) in [4.78, 5) is 12.0. The predicted octanol–water partition coefficient (Wildman–Crippen LogP) is 0.629. The Kier molecular flexibility index (Phi) is 4.48. The number of rotatable bonds is 4. The lowest BCUT2D eigenvalue weighted by atomic mass is 10.2. The van der Waals surface area contributed by atoms with Crippen LogP contribution in [0, 0.1) is 11.3 Å². The largest absolute Gasteiger partial charge is 0.481 e. The fraction of sp³-hybridized carbons (Fsp3) is 0.429. The van der Waals surface area contributed by atoms with E-state index in [0.717, 1.165) is 0 Å². The van der Waals surface area contributed by atoms with Crippen LogP contribution in [-0.2, 0) is 14.6 Å². The Morgan fingerprint density at radius 3 is 2.90 bits per heavy atom. The molecule has 0 aromatic heterocycles. The van der Waals surface area contributed by atoms with Gasteiger partial charge in [-0.3, -0.25) is 4.79 Å². The number of nitriles is 1. The normalized spacial score (nSPS) is 21.2. The zero-order valence-electron chi connectivity index (χ0n) is 11.6. The number of benzene rings is 1. The summed E-state index contributed by atoms with van der Waals surface area (Å²) in [6, 6.07) is 8.15. The number of carbonyl (C=O) groups excluding carboxylic acids is 1. The second kappa shape index (κ2) is 6.14. The summed E-state index contributed by atoms with van der Waals surface area (Å²) in [7, 11) is -3.03. The van der Waals surface area contributed by atoms with Crippen LogP contribution in [0.25, 0.3) is 0 Å². The van der Waals surface area contributed by atoms with E-state index in [4.69, 9.17) is 10.00 Å². The molecule has 1 aliphatic heterocycles. The minimum Gasteiger partial charge on any atom is -0.481 e. The van der Waals surface area contributed by atoms with Gasteiger partial charge in [0, 0.05) is 6.04 Å². The highest BCUT2D eigenvalue weighted by Crippen LogP contribution is 2.15. The van der Waals surface area contributed by atoms with Gasteiger partial charge in [0.25, 0.3) is 5.91 Å². The van der Waals surface area contributed by atoms with E-state index in [1.807, 2.05) is 6.07 Å². The molecule has 112 valence electrons. The molecule has 1 N–H and O–H groups in total. The molecule has 1 saturated heterocycles. The van der Waals surface area contributed by atoms with Crippen LogP contribution in [0.3, 0.4) is 0 Å². The molecule has 2 rings (SSSR count). The van der Waals surface area contributed by atoms with E-state index in [1.54, 1.807) is 31.2 Å². The average molecular weight is 308 g/mol. The van der Waals surface area contributed by atoms with E-state index >= 15 is 0 Å². The molecular formula is C14H16N2O4S. The number of ether oxygens (including phenoxy) is 1.